The van der Waals surface area contributed by atoms with E-state index in [4.69, 9.17) is 9.47 Å². The molecule has 0 radical (unpaired) electrons. The first kappa shape index (κ1) is 19.5. The summed E-state index contributed by atoms with van der Waals surface area (Å²) in [7, 11) is 3.32. The van der Waals surface area contributed by atoms with Crippen LogP contribution in [0, 0.1) is 0 Å². The minimum atomic E-state index is -0.0255. The normalized spacial score (nSPS) is 19.4. The average molecular weight is 393 g/mol. The van der Waals surface area contributed by atoms with E-state index in [0.717, 1.165) is 36.7 Å². The maximum absolute atomic E-state index is 9.62. The van der Waals surface area contributed by atoms with E-state index >= 15 is 0 Å². The molecule has 0 spiro atoms. The van der Waals surface area contributed by atoms with E-state index in [1.165, 1.54) is 16.8 Å². The van der Waals surface area contributed by atoms with Crippen LogP contribution < -0.4 is 9.47 Å². The lowest BCUT2D eigenvalue weighted by molar-refractivity contribution is 0.273. The Morgan fingerprint density at radius 2 is 1.83 bits per heavy atom. The number of ether oxygens (including phenoxy) is 2. The Bertz CT molecular complexity index is 925. The molecular weight excluding hydrogens is 366 g/mol. The Hall–Kier alpha value is -2.83. The van der Waals surface area contributed by atoms with Crippen LogP contribution in [0.3, 0.4) is 0 Å². The van der Waals surface area contributed by atoms with Crippen molar-refractivity contribution in [1.82, 2.24) is 15.1 Å². The molecule has 4 rings (SSSR count). The van der Waals surface area contributed by atoms with Gasteiger partial charge in [0.25, 0.3) is 0 Å². The number of aromatic amines is 1. The molecule has 1 saturated heterocycles. The van der Waals surface area contributed by atoms with Crippen LogP contribution in [0.15, 0.2) is 54.7 Å². The predicted molar refractivity (Wildman–Crippen MR) is 111 cm³/mol. The number of nitrogens with one attached hydrogen (secondary N) is 1. The molecule has 2 N–H and O–H groups in total. The van der Waals surface area contributed by atoms with Gasteiger partial charge >= 0.3 is 0 Å². The smallest absolute Gasteiger partial charge is 0.124 e. The average Bonchev–Trinajstić information content (AvgIpc) is 3.43. The molecule has 29 heavy (non-hydrogen) atoms. The van der Waals surface area contributed by atoms with E-state index in [1.807, 2.05) is 30.5 Å². The molecule has 1 aliphatic heterocycles. The number of methoxy groups -OCH3 is 2. The molecule has 0 unspecified atom stereocenters. The summed E-state index contributed by atoms with van der Waals surface area (Å²) >= 11 is 0. The second-order valence-corrected chi connectivity index (χ2v) is 7.50. The van der Waals surface area contributed by atoms with Gasteiger partial charge in [-0.1, -0.05) is 18.2 Å². The third-order valence-corrected chi connectivity index (χ3v) is 5.78. The van der Waals surface area contributed by atoms with Gasteiger partial charge in [-0.2, -0.15) is 5.10 Å². The van der Waals surface area contributed by atoms with Crippen molar-refractivity contribution >= 4 is 0 Å². The lowest BCUT2D eigenvalue weighted by Gasteiger charge is -2.18. The summed E-state index contributed by atoms with van der Waals surface area (Å²) in [6.45, 7) is 2.70. The van der Waals surface area contributed by atoms with Gasteiger partial charge in [-0.15, -0.1) is 0 Å². The van der Waals surface area contributed by atoms with Crippen molar-refractivity contribution in [2.45, 2.75) is 25.0 Å². The minimum Gasteiger partial charge on any atom is -0.497 e. The molecule has 6 nitrogen and oxygen atoms in total. The zero-order valence-corrected chi connectivity index (χ0v) is 16.8. The molecule has 2 atom stereocenters. The number of likely N-dealkylation sites (tertiary alicyclic amines) is 1. The molecule has 1 fully saturated rings. The molecule has 2 aromatic carbocycles. The van der Waals surface area contributed by atoms with Crippen molar-refractivity contribution in [2.75, 3.05) is 27.3 Å². The second kappa shape index (κ2) is 8.68. The molecule has 2 heterocycles. The van der Waals surface area contributed by atoms with E-state index in [0.29, 0.717) is 11.8 Å². The number of H-pyrrole nitrogens is 1. The lowest BCUT2D eigenvalue weighted by atomic mass is 9.87. The summed E-state index contributed by atoms with van der Waals surface area (Å²) in [5.41, 5.74) is 4.47. The summed E-state index contributed by atoms with van der Waals surface area (Å²) < 4.78 is 10.6. The van der Waals surface area contributed by atoms with E-state index in [-0.39, 0.29) is 6.61 Å². The van der Waals surface area contributed by atoms with Gasteiger partial charge in [0.15, 0.2) is 0 Å². The molecule has 1 aliphatic rings. The second-order valence-electron chi connectivity index (χ2n) is 7.50. The molecule has 0 amide bonds. The fourth-order valence-corrected chi connectivity index (χ4v) is 4.30. The van der Waals surface area contributed by atoms with Crippen LogP contribution in [0.1, 0.15) is 34.2 Å². The quantitative estimate of drug-likeness (QED) is 0.645. The summed E-state index contributed by atoms with van der Waals surface area (Å²) in [5, 5.41) is 17.0. The predicted octanol–water partition coefficient (Wildman–Crippen LogP) is 3.30. The van der Waals surface area contributed by atoms with Crippen LogP contribution in [0.25, 0.3) is 0 Å². The Morgan fingerprint density at radius 1 is 1.03 bits per heavy atom. The minimum absolute atomic E-state index is 0.0255. The fraction of sp³-hybridized carbons (Fsp3) is 0.348. The molecule has 152 valence electrons. The van der Waals surface area contributed by atoms with Gasteiger partial charge < -0.3 is 14.6 Å². The third kappa shape index (κ3) is 4.13. The zero-order valence-electron chi connectivity index (χ0n) is 16.8. The number of rotatable bonds is 7. The number of aliphatic hydroxyl groups excluding tert-OH is 1. The van der Waals surface area contributed by atoms with Gasteiger partial charge in [-0.05, 0) is 41.5 Å². The number of benzene rings is 2. The van der Waals surface area contributed by atoms with Gasteiger partial charge in [0, 0.05) is 48.9 Å². The standard InChI is InChI=1S/C23H27N3O3/c1-28-19-6-4-17(5-7-19)20-13-26(14-21(20)22-9-10-24-25-22)12-16-3-8-23(29-2)18(11-16)15-27/h3-11,20-21,27H,12-15H2,1-2H3,(H,24,25)/t20-,21+/m0/s1. The van der Waals surface area contributed by atoms with Gasteiger partial charge in [-0.25, -0.2) is 0 Å². The summed E-state index contributed by atoms with van der Waals surface area (Å²) in [6.07, 6.45) is 1.82. The highest BCUT2D eigenvalue weighted by molar-refractivity contribution is 5.37. The third-order valence-electron chi connectivity index (χ3n) is 5.78. The monoisotopic (exact) mass is 393 g/mol. The number of aliphatic hydroxyl groups is 1. The van der Waals surface area contributed by atoms with Crippen LogP contribution in [0.4, 0.5) is 0 Å². The van der Waals surface area contributed by atoms with E-state index < -0.39 is 0 Å². The largest absolute Gasteiger partial charge is 0.497 e. The number of hydrogen-bond donors (Lipinski definition) is 2. The van der Waals surface area contributed by atoms with Crippen molar-refractivity contribution in [3.63, 3.8) is 0 Å². The van der Waals surface area contributed by atoms with Gasteiger partial charge in [0.05, 0.1) is 20.8 Å². The topological polar surface area (TPSA) is 70.6 Å². The molecule has 6 heteroatoms. The van der Waals surface area contributed by atoms with Crippen molar-refractivity contribution in [3.05, 3.63) is 77.1 Å². The summed E-state index contributed by atoms with van der Waals surface area (Å²) in [6, 6.07) is 16.5. The molecule has 0 saturated carbocycles. The Labute approximate surface area is 171 Å². The Kier molecular flexibility index (Phi) is 5.83. The summed E-state index contributed by atoms with van der Waals surface area (Å²) in [5.74, 6) is 2.32. The first-order valence-electron chi connectivity index (χ1n) is 9.84. The van der Waals surface area contributed by atoms with Crippen molar-refractivity contribution in [1.29, 1.82) is 0 Å². The molecule has 0 bridgehead atoms. The highest BCUT2D eigenvalue weighted by atomic mass is 16.5. The van der Waals surface area contributed by atoms with E-state index in [1.54, 1.807) is 14.2 Å². The summed E-state index contributed by atoms with van der Waals surface area (Å²) in [4.78, 5) is 2.46. The highest BCUT2D eigenvalue weighted by Crippen LogP contribution is 2.40. The van der Waals surface area contributed by atoms with Crippen LogP contribution in [0.5, 0.6) is 11.5 Å². The van der Waals surface area contributed by atoms with E-state index in [2.05, 4.69) is 39.4 Å². The number of aromatic nitrogens is 2. The maximum Gasteiger partial charge on any atom is 0.124 e. The van der Waals surface area contributed by atoms with Crippen LogP contribution in [0.2, 0.25) is 0 Å². The van der Waals surface area contributed by atoms with Crippen LogP contribution >= 0.6 is 0 Å². The van der Waals surface area contributed by atoms with Gasteiger partial charge in [-0.3, -0.25) is 10.00 Å². The Balaban J connectivity index is 1.56. The van der Waals surface area contributed by atoms with Gasteiger partial charge in [0.2, 0.25) is 0 Å². The molecular formula is C23H27N3O3. The highest BCUT2D eigenvalue weighted by Gasteiger charge is 2.35. The van der Waals surface area contributed by atoms with Gasteiger partial charge in [0.1, 0.15) is 11.5 Å². The van der Waals surface area contributed by atoms with Crippen LogP contribution in [-0.4, -0.2) is 47.5 Å². The van der Waals surface area contributed by atoms with E-state index in [9.17, 15) is 5.11 Å². The first-order chi connectivity index (χ1) is 14.2. The van der Waals surface area contributed by atoms with Crippen LogP contribution in [-0.2, 0) is 13.2 Å². The first-order valence-corrected chi connectivity index (χ1v) is 9.84. The Morgan fingerprint density at radius 3 is 2.48 bits per heavy atom. The number of hydrogen-bond acceptors (Lipinski definition) is 5. The van der Waals surface area contributed by atoms with Crippen molar-refractivity contribution in [2.24, 2.45) is 0 Å². The molecule has 0 aliphatic carbocycles. The zero-order chi connectivity index (χ0) is 20.2. The molecule has 1 aromatic heterocycles. The number of nitrogens with zero attached hydrogens (tertiary/aromatic N) is 2. The maximum atomic E-state index is 9.62. The SMILES string of the molecule is COc1ccc([C@@H]2CN(Cc3ccc(OC)c(CO)c3)C[C@H]2c2ccn[nH]2)cc1. The van der Waals surface area contributed by atoms with Crippen molar-refractivity contribution < 1.29 is 14.6 Å². The van der Waals surface area contributed by atoms with Crippen molar-refractivity contribution in [3.8, 4) is 11.5 Å². The lowest BCUT2D eigenvalue weighted by Crippen LogP contribution is -2.20. The fourth-order valence-electron chi connectivity index (χ4n) is 4.30. The molecule has 3 aromatic rings.